The van der Waals surface area contributed by atoms with Gasteiger partial charge in [0.05, 0.1) is 18.8 Å². The molecule has 0 saturated heterocycles. The Morgan fingerprint density at radius 2 is 2.24 bits per heavy atom. The van der Waals surface area contributed by atoms with Crippen molar-refractivity contribution >= 4 is 11.6 Å². The first-order chi connectivity index (χ1) is 10.1. The maximum absolute atomic E-state index is 6.09. The largest absolute Gasteiger partial charge is 0.496 e. The molecule has 2 aromatic rings. The minimum absolute atomic E-state index is 0.0407. The number of methoxy groups -OCH3 is 1. The molecule has 114 valence electrons. The summed E-state index contributed by atoms with van der Waals surface area (Å²) in [4.78, 5) is 0. The maximum atomic E-state index is 6.09. The highest BCUT2D eigenvalue weighted by Gasteiger charge is 2.19. The van der Waals surface area contributed by atoms with Crippen LogP contribution in [-0.2, 0) is 19.9 Å². The van der Waals surface area contributed by atoms with E-state index in [1.54, 1.807) is 7.11 Å². The molecule has 1 aromatic heterocycles. The van der Waals surface area contributed by atoms with Crippen LogP contribution in [0, 0.1) is 0 Å². The fourth-order valence-electron chi connectivity index (χ4n) is 2.50. The second-order valence-electron chi connectivity index (χ2n) is 4.94. The molecular formula is C15H21ClN4O. The minimum Gasteiger partial charge on any atom is -0.496 e. The molecule has 0 aliphatic rings. The molecule has 1 heterocycles. The zero-order chi connectivity index (χ0) is 15.4. The molecule has 0 bridgehead atoms. The van der Waals surface area contributed by atoms with Gasteiger partial charge in [0.15, 0.2) is 0 Å². The summed E-state index contributed by atoms with van der Waals surface area (Å²) in [5.41, 5.74) is 6.03. The summed E-state index contributed by atoms with van der Waals surface area (Å²) in [6.45, 7) is 2.08. The van der Waals surface area contributed by atoms with Gasteiger partial charge in [0.1, 0.15) is 5.75 Å². The molecule has 6 heteroatoms. The minimum atomic E-state index is -0.0407. The lowest BCUT2D eigenvalue weighted by Crippen LogP contribution is -2.30. The molecule has 0 fully saturated rings. The molecule has 1 atom stereocenters. The van der Waals surface area contributed by atoms with Gasteiger partial charge < -0.3 is 4.74 Å². The summed E-state index contributed by atoms with van der Waals surface area (Å²) < 4.78 is 7.21. The van der Waals surface area contributed by atoms with E-state index in [9.17, 15) is 0 Å². The maximum Gasteiger partial charge on any atom is 0.122 e. The Kier molecular flexibility index (Phi) is 5.22. The van der Waals surface area contributed by atoms with Crippen LogP contribution in [0.2, 0.25) is 5.02 Å². The Balaban J connectivity index is 2.33. The third-order valence-corrected chi connectivity index (χ3v) is 3.75. The Morgan fingerprint density at radius 1 is 1.48 bits per heavy atom. The van der Waals surface area contributed by atoms with E-state index in [1.807, 2.05) is 36.1 Å². The van der Waals surface area contributed by atoms with Crippen LogP contribution < -0.4 is 16.0 Å². The van der Waals surface area contributed by atoms with Crippen LogP contribution in [0.15, 0.2) is 24.4 Å². The Labute approximate surface area is 130 Å². The van der Waals surface area contributed by atoms with Crippen molar-refractivity contribution in [3.63, 3.8) is 0 Å². The summed E-state index contributed by atoms with van der Waals surface area (Å²) >= 11 is 6.09. The van der Waals surface area contributed by atoms with Crippen LogP contribution in [0.1, 0.15) is 29.8 Å². The van der Waals surface area contributed by atoms with Crippen molar-refractivity contribution in [1.82, 2.24) is 15.2 Å². The van der Waals surface area contributed by atoms with E-state index in [0.29, 0.717) is 11.4 Å². The van der Waals surface area contributed by atoms with E-state index < -0.39 is 0 Å². The molecule has 0 amide bonds. The molecule has 0 aliphatic carbocycles. The van der Waals surface area contributed by atoms with Crippen molar-refractivity contribution in [3.8, 4) is 5.75 Å². The van der Waals surface area contributed by atoms with E-state index in [2.05, 4.69) is 17.4 Å². The van der Waals surface area contributed by atoms with Crippen LogP contribution in [0.3, 0.4) is 0 Å². The average Bonchev–Trinajstić information content (AvgIpc) is 2.86. The molecule has 3 N–H and O–H groups in total. The van der Waals surface area contributed by atoms with Gasteiger partial charge >= 0.3 is 0 Å². The first-order valence-electron chi connectivity index (χ1n) is 6.90. The number of aryl methyl sites for hydroxylation is 2. The third-order valence-electron chi connectivity index (χ3n) is 3.52. The van der Waals surface area contributed by atoms with Crippen molar-refractivity contribution in [2.75, 3.05) is 7.11 Å². The normalized spacial score (nSPS) is 12.4. The van der Waals surface area contributed by atoms with Crippen molar-refractivity contribution in [2.45, 2.75) is 25.8 Å². The molecular weight excluding hydrogens is 288 g/mol. The lowest BCUT2D eigenvalue weighted by Gasteiger charge is -2.18. The summed E-state index contributed by atoms with van der Waals surface area (Å²) in [7, 11) is 3.56. The van der Waals surface area contributed by atoms with E-state index in [0.717, 1.165) is 29.0 Å². The number of hydrogen-bond donors (Lipinski definition) is 2. The third kappa shape index (κ3) is 3.56. The molecule has 5 nitrogen and oxygen atoms in total. The average molecular weight is 309 g/mol. The van der Waals surface area contributed by atoms with Crippen LogP contribution in [0.25, 0.3) is 0 Å². The van der Waals surface area contributed by atoms with Gasteiger partial charge in [0.2, 0.25) is 0 Å². The number of hydrazine groups is 1. The van der Waals surface area contributed by atoms with Gasteiger partial charge in [-0.25, -0.2) is 0 Å². The summed E-state index contributed by atoms with van der Waals surface area (Å²) in [5.74, 6) is 6.56. The van der Waals surface area contributed by atoms with Crippen LogP contribution >= 0.6 is 11.6 Å². The van der Waals surface area contributed by atoms with Gasteiger partial charge in [-0.1, -0.05) is 18.5 Å². The van der Waals surface area contributed by atoms with Crippen LogP contribution in [-0.4, -0.2) is 16.9 Å². The van der Waals surface area contributed by atoms with Crippen LogP contribution in [0.5, 0.6) is 5.75 Å². The fraction of sp³-hybridized carbons (Fsp3) is 0.400. The topological polar surface area (TPSA) is 65.1 Å². The number of nitrogens with one attached hydrogen (secondary N) is 1. The zero-order valence-electron chi connectivity index (χ0n) is 12.6. The summed E-state index contributed by atoms with van der Waals surface area (Å²) in [6.07, 6.45) is 3.54. The van der Waals surface area contributed by atoms with Gasteiger partial charge in [-0.15, -0.1) is 0 Å². The van der Waals surface area contributed by atoms with Gasteiger partial charge in [-0.05, 0) is 36.6 Å². The van der Waals surface area contributed by atoms with Crippen LogP contribution in [0.4, 0.5) is 0 Å². The molecule has 2 rings (SSSR count). The number of aromatic nitrogens is 2. The van der Waals surface area contributed by atoms with Gasteiger partial charge in [-0.3, -0.25) is 16.0 Å². The van der Waals surface area contributed by atoms with E-state index in [-0.39, 0.29) is 6.04 Å². The monoisotopic (exact) mass is 308 g/mol. The van der Waals surface area contributed by atoms with Crippen molar-refractivity contribution in [2.24, 2.45) is 12.9 Å². The number of benzene rings is 1. The van der Waals surface area contributed by atoms with Gasteiger partial charge in [-0.2, -0.15) is 5.10 Å². The smallest absolute Gasteiger partial charge is 0.122 e. The highest BCUT2D eigenvalue weighted by atomic mass is 35.5. The fourth-order valence-corrected chi connectivity index (χ4v) is 2.70. The van der Waals surface area contributed by atoms with E-state index in [4.69, 9.17) is 22.2 Å². The first-order valence-corrected chi connectivity index (χ1v) is 7.27. The molecule has 21 heavy (non-hydrogen) atoms. The first kappa shape index (κ1) is 15.8. The zero-order valence-corrected chi connectivity index (χ0v) is 13.3. The molecule has 1 aromatic carbocycles. The number of rotatable bonds is 6. The second-order valence-corrected chi connectivity index (χ2v) is 5.37. The standard InChI is InChI=1S/C15H21ClN4O/c1-4-13-12(9-20(2)19-13)14(18-17)8-10-7-11(16)5-6-15(10)21-3/h5-7,9,14,18H,4,8,17H2,1-3H3. The molecule has 1 unspecified atom stereocenters. The second kappa shape index (κ2) is 6.93. The number of nitrogens with two attached hydrogens (primary N) is 1. The predicted octanol–water partition coefficient (Wildman–Crippen LogP) is 2.39. The van der Waals surface area contributed by atoms with Crippen molar-refractivity contribution in [3.05, 3.63) is 46.2 Å². The number of hydrogen-bond acceptors (Lipinski definition) is 4. The Morgan fingerprint density at radius 3 is 2.86 bits per heavy atom. The Bertz CT molecular complexity index is 612. The number of ether oxygens (including phenoxy) is 1. The van der Waals surface area contributed by atoms with E-state index >= 15 is 0 Å². The molecule has 0 radical (unpaired) electrons. The molecule has 0 spiro atoms. The highest BCUT2D eigenvalue weighted by Crippen LogP contribution is 2.28. The number of nitrogens with zero attached hydrogens (tertiary/aromatic N) is 2. The quantitative estimate of drug-likeness (QED) is 0.635. The predicted molar refractivity (Wildman–Crippen MR) is 84.4 cm³/mol. The van der Waals surface area contributed by atoms with E-state index in [1.165, 1.54) is 0 Å². The van der Waals surface area contributed by atoms with Crippen molar-refractivity contribution in [1.29, 1.82) is 0 Å². The van der Waals surface area contributed by atoms with Gasteiger partial charge in [0, 0.05) is 23.8 Å². The lowest BCUT2D eigenvalue weighted by molar-refractivity contribution is 0.405. The molecule has 0 aliphatic heterocycles. The summed E-state index contributed by atoms with van der Waals surface area (Å²) in [5, 5.41) is 5.15. The highest BCUT2D eigenvalue weighted by molar-refractivity contribution is 6.30. The SMILES string of the molecule is CCc1nn(C)cc1C(Cc1cc(Cl)ccc1OC)NN. The van der Waals surface area contributed by atoms with Crippen molar-refractivity contribution < 1.29 is 4.74 Å². The molecule has 0 saturated carbocycles. The lowest BCUT2D eigenvalue weighted by atomic mass is 9.98. The Hall–Kier alpha value is -1.56. The number of halogens is 1. The van der Waals surface area contributed by atoms with Gasteiger partial charge in [0.25, 0.3) is 0 Å². The summed E-state index contributed by atoms with van der Waals surface area (Å²) in [6, 6.07) is 5.55.